The molecule has 5 nitrogen and oxygen atoms in total. The first-order valence-electron chi connectivity index (χ1n) is 7.00. The molecule has 1 amide bonds. The van der Waals surface area contributed by atoms with Crippen molar-refractivity contribution in [1.29, 1.82) is 0 Å². The Labute approximate surface area is 132 Å². The van der Waals surface area contributed by atoms with Crippen LogP contribution in [-0.2, 0) is 17.8 Å². The van der Waals surface area contributed by atoms with Gasteiger partial charge in [-0.15, -0.1) is 21.5 Å². The fourth-order valence-electron chi connectivity index (χ4n) is 2.26. The third-order valence-corrected chi connectivity index (χ3v) is 5.15. The van der Waals surface area contributed by atoms with Gasteiger partial charge in [-0.05, 0) is 25.3 Å². The quantitative estimate of drug-likeness (QED) is 0.795. The summed E-state index contributed by atoms with van der Waals surface area (Å²) in [5, 5.41) is 11.5. The van der Waals surface area contributed by atoms with Crippen LogP contribution in [0.25, 0.3) is 11.4 Å². The van der Waals surface area contributed by atoms with Gasteiger partial charge >= 0.3 is 0 Å². The van der Waals surface area contributed by atoms with Crippen LogP contribution >= 0.6 is 23.1 Å². The molecule has 21 heavy (non-hydrogen) atoms. The molecule has 0 spiro atoms. The molecule has 0 radical (unpaired) electrons. The second-order valence-electron chi connectivity index (χ2n) is 4.75. The van der Waals surface area contributed by atoms with E-state index in [9.17, 15) is 4.79 Å². The number of rotatable bonds is 7. The number of hydrogen-bond donors (Lipinski definition) is 1. The molecule has 0 aliphatic heterocycles. The predicted octanol–water partition coefficient (Wildman–Crippen LogP) is 2.86. The molecule has 2 aromatic rings. The van der Waals surface area contributed by atoms with Gasteiger partial charge in [0.15, 0.2) is 11.0 Å². The lowest BCUT2D eigenvalue weighted by Gasteiger charge is -2.09. The molecule has 0 atom stereocenters. The van der Waals surface area contributed by atoms with Crippen molar-refractivity contribution >= 4 is 29.0 Å². The largest absolute Gasteiger partial charge is 0.369 e. The Kier molecular flexibility index (Phi) is 5.41. The fraction of sp³-hybridized carbons (Fsp3) is 0.500. The number of nitrogens with two attached hydrogens (primary N) is 1. The van der Waals surface area contributed by atoms with Gasteiger partial charge in [0.1, 0.15) is 0 Å². The first-order chi connectivity index (χ1) is 10.1. The van der Waals surface area contributed by atoms with E-state index in [4.69, 9.17) is 5.73 Å². The summed E-state index contributed by atoms with van der Waals surface area (Å²) in [7, 11) is 0. The van der Waals surface area contributed by atoms with E-state index in [-0.39, 0.29) is 11.7 Å². The number of carbonyl (C=O) groups excluding carboxylic acids is 1. The number of carbonyl (C=O) groups is 1. The molecule has 2 heterocycles. The molecule has 0 saturated carbocycles. The minimum Gasteiger partial charge on any atom is -0.369 e. The molecule has 0 aliphatic carbocycles. The molecular weight excluding hydrogens is 304 g/mol. The van der Waals surface area contributed by atoms with Crippen LogP contribution in [0.3, 0.4) is 0 Å². The Morgan fingerprint density at radius 1 is 1.43 bits per heavy atom. The van der Waals surface area contributed by atoms with Gasteiger partial charge in [0.05, 0.1) is 5.75 Å². The summed E-state index contributed by atoms with van der Waals surface area (Å²) in [5.74, 6) is 0.781. The van der Waals surface area contributed by atoms with Gasteiger partial charge in [0.2, 0.25) is 5.91 Å². The number of hydrogen-bond acceptors (Lipinski definition) is 5. The maximum absolute atomic E-state index is 11.0. The average molecular weight is 324 g/mol. The number of aromatic nitrogens is 3. The molecule has 0 aromatic carbocycles. The topological polar surface area (TPSA) is 73.8 Å². The minimum atomic E-state index is -0.340. The van der Waals surface area contributed by atoms with Crippen LogP contribution in [0.4, 0.5) is 0 Å². The van der Waals surface area contributed by atoms with E-state index in [2.05, 4.69) is 40.9 Å². The highest BCUT2D eigenvalue weighted by molar-refractivity contribution is 7.99. The van der Waals surface area contributed by atoms with Gasteiger partial charge in [0.25, 0.3) is 0 Å². The molecule has 0 aliphatic rings. The third kappa shape index (κ3) is 3.47. The average Bonchev–Trinajstić information content (AvgIpc) is 3.00. The summed E-state index contributed by atoms with van der Waals surface area (Å²) < 4.78 is 2.09. The first-order valence-corrected chi connectivity index (χ1v) is 8.86. The van der Waals surface area contributed by atoms with Gasteiger partial charge < -0.3 is 10.3 Å². The van der Waals surface area contributed by atoms with E-state index in [0.717, 1.165) is 35.9 Å². The Balaban J connectivity index is 2.41. The van der Waals surface area contributed by atoms with Crippen molar-refractivity contribution < 1.29 is 4.79 Å². The summed E-state index contributed by atoms with van der Waals surface area (Å²) in [6.45, 7) is 7.24. The molecule has 114 valence electrons. The Morgan fingerprint density at radius 2 is 2.19 bits per heavy atom. The second-order valence-corrected chi connectivity index (χ2v) is 6.78. The molecule has 0 saturated heterocycles. The molecular formula is C14H20N4OS2. The third-order valence-electron chi connectivity index (χ3n) is 3.21. The van der Waals surface area contributed by atoms with Gasteiger partial charge in [-0.25, -0.2) is 0 Å². The molecule has 0 bridgehead atoms. The first kappa shape index (κ1) is 16.0. The lowest BCUT2D eigenvalue weighted by Crippen LogP contribution is -2.14. The number of nitrogens with zero attached hydrogens (tertiary/aromatic N) is 3. The van der Waals surface area contributed by atoms with E-state index >= 15 is 0 Å². The van der Waals surface area contributed by atoms with E-state index in [0.29, 0.717) is 0 Å². The van der Waals surface area contributed by atoms with E-state index in [1.54, 1.807) is 11.3 Å². The number of primary amides is 1. The standard InChI is InChI=1S/C14H20N4OS2/c1-4-6-18-13(11-7-20-9(3)10(11)5-2)16-17-14(18)21-8-12(15)19/h7H,4-6,8H2,1-3H3,(H2,15,19). The minimum absolute atomic E-state index is 0.227. The van der Waals surface area contributed by atoms with Gasteiger partial charge in [-0.3, -0.25) is 4.79 Å². The van der Waals surface area contributed by atoms with Gasteiger partial charge in [-0.2, -0.15) is 0 Å². The van der Waals surface area contributed by atoms with E-state index in [1.165, 1.54) is 22.2 Å². The Morgan fingerprint density at radius 3 is 2.81 bits per heavy atom. The predicted molar refractivity (Wildman–Crippen MR) is 87.7 cm³/mol. The van der Waals surface area contributed by atoms with Gasteiger partial charge in [0, 0.05) is 22.4 Å². The lowest BCUT2D eigenvalue weighted by molar-refractivity contribution is -0.115. The number of amides is 1. The normalized spacial score (nSPS) is 11.0. The number of thioether (sulfide) groups is 1. The van der Waals surface area contributed by atoms with Crippen molar-refractivity contribution in [2.75, 3.05) is 5.75 Å². The second kappa shape index (κ2) is 7.09. The lowest BCUT2D eigenvalue weighted by atomic mass is 10.1. The molecule has 0 unspecified atom stereocenters. The zero-order valence-corrected chi connectivity index (χ0v) is 14.2. The van der Waals surface area contributed by atoms with E-state index < -0.39 is 0 Å². The summed E-state index contributed by atoms with van der Waals surface area (Å²) in [6, 6.07) is 0. The zero-order chi connectivity index (χ0) is 15.4. The van der Waals surface area contributed by atoms with Crippen molar-refractivity contribution in [2.24, 2.45) is 5.73 Å². The summed E-state index contributed by atoms with van der Waals surface area (Å²) in [6.07, 6.45) is 1.97. The SMILES string of the molecule is CCCn1c(SCC(N)=O)nnc1-c1csc(C)c1CC. The zero-order valence-electron chi connectivity index (χ0n) is 12.5. The van der Waals surface area contributed by atoms with Crippen molar-refractivity contribution in [3.63, 3.8) is 0 Å². The molecule has 2 rings (SSSR count). The van der Waals surface area contributed by atoms with Crippen LogP contribution in [0.15, 0.2) is 10.5 Å². The van der Waals surface area contributed by atoms with Crippen molar-refractivity contribution in [2.45, 2.75) is 45.3 Å². The summed E-state index contributed by atoms with van der Waals surface area (Å²) in [5.41, 5.74) is 7.70. The van der Waals surface area contributed by atoms with Crippen LogP contribution < -0.4 is 5.73 Å². The highest BCUT2D eigenvalue weighted by Gasteiger charge is 2.18. The van der Waals surface area contributed by atoms with Crippen LogP contribution in [0.5, 0.6) is 0 Å². The molecule has 2 aromatic heterocycles. The van der Waals surface area contributed by atoms with Crippen molar-refractivity contribution in [3.8, 4) is 11.4 Å². The number of aryl methyl sites for hydroxylation is 1. The van der Waals surface area contributed by atoms with Gasteiger partial charge in [-0.1, -0.05) is 25.6 Å². The van der Waals surface area contributed by atoms with Crippen LogP contribution in [0.2, 0.25) is 0 Å². The highest BCUT2D eigenvalue weighted by Crippen LogP contribution is 2.32. The van der Waals surface area contributed by atoms with Crippen LogP contribution in [0, 0.1) is 6.92 Å². The highest BCUT2D eigenvalue weighted by atomic mass is 32.2. The van der Waals surface area contributed by atoms with Crippen LogP contribution in [-0.4, -0.2) is 26.4 Å². The van der Waals surface area contributed by atoms with E-state index in [1.807, 2.05) is 0 Å². The smallest absolute Gasteiger partial charge is 0.227 e. The van der Waals surface area contributed by atoms with Crippen LogP contribution in [0.1, 0.15) is 30.7 Å². The maximum Gasteiger partial charge on any atom is 0.227 e. The monoisotopic (exact) mass is 324 g/mol. The number of thiophene rings is 1. The summed E-state index contributed by atoms with van der Waals surface area (Å²) >= 11 is 3.09. The summed E-state index contributed by atoms with van der Waals surface area (Å²) in [4.78, 5) is 12.3. The molecule has 7 heteroatoms. The maximum atomic E-state index is 11.0. The fourth-order valence-corrected chi connectivity index (χ4v) is 3.90. The Bertz CT molecular complexity index is 633. The molecule has 0 fully saturated rings. The molecule has 2 N–H and O–H groups in total. The van der Waals surface area contributed by atoms with Crippen molar-refractivity contribution in [1.82, 2.24) is 14.8 Å². The Hall–Kier alpha value is -1.34. The van der Waals surface area contributed by atoms with Crippen molar-refractivity contribution in [3.05, 3.63) is 15.8 Å².